The first-order chi connectivity index (χ1) is 17.4. The molecule has 6 nitrogen and oxygen atoms in total. The number of amides is 1. The number of likely N-dealkylation sites (tertiary alicyclic amines) is 1. The van der Waals surface area contributed by atoms with Crippen molar-refractivity contribution < 1.29 is 9.18 Å². The lowest BCUT2D eigenvalue weighted by Gasteiger charge is -2.28. The Labute approximate surface area is 210 Å². The van der Waals surface area contributed by atoms with E-state index in [1.807, 2.05) is 12.1 Å². The number of hydrogen-bond acceptors (Lipinski definition) is 4. The molecule has 1 aliphatic heterocycles. The number of rotatable bonds is 7. The highest BCUT2D eigenvalue weighted by molar-refractivity contribution is 5.88. The summed E-state index contributed by atoms with van der Waals surface area (Å²) in [6.07, 6.45) is 1.75. The topological polar surface area (TPSA) is 77.0 Å². The number of hydrogen-bond donors (Lipinski definition) is 1. The Kier molecular flexibility index (Phi) is 6.91. The zero-order valence-corrected chi connectivity index (χ0v) is 20.4. The van der Waals surface area contributed by atoms with E-state index in [0.717, 1.165) is 31.6 Å². The fraction of sp³-hybridized carbons (Fsp3) is 0.276. The number of aromatic nitrogens is 3. The first kappa shape index (κ1) is 23.9. The van der Waals surface area contributed by atoms with E-state index in [4.69, 9.17) is 5.73 Å². The van der Waals surface area contributed by atoms with Crippen LogP contribution in [-0.2, 0) is 13.0 Å². The Balaban J connectivity index is 1.21. The van der Waals surface area contributed by atoms with Gasteiger partial charge in [0, 0.05) is 13.1 Å². The maximum Gasteiger partial charge on any atom is 0.288 e. The lowest BCUT2D eigenvalue weighted by Crippen LogP contribution is -2.35. The summed E-state index contributed by atoms with van der Waals surface area (Å²) >= 11 is 0. The summed E-state index contributed by atoms with van der Waals surface area (Å²) in [5.41, 5.74) is 12.1. The van der Waals surface area contributed by atoms with Crippen molar-refractivity contribution in [3.8, 4) is 16.8 Å². The Morgan fingerprint density at radius 2 is 1.53 bits per heavy atom. The number of aryl methyl sites for hydroxylation is 1. The van der Waals surface area contributed by atoms with Crippen LogP contribution in [0.4, 0.5) is 4.39 Å². The number of piperidine rings is 1. The summed E-state index contributed by atoms with van der Waals surface area (Å²) < 4.78 is 15.3. The van der Waals surface area contributed by atoms with Crippen molar-refractivity contribution in [2.75, 3.05) is 13.1 Å². The van der Waals surface area contributed by atoms with Crippen molar-refractivity contribution in [3.05, 3.63) is 101 Å². The number of nitrogens with zero attached hydrogens (tertiary/aromatic N) is 4. The number of alkyl halides is 1. The minimum absolute atomic E-state index is 0.0169. The molecule has 2 N–H and O–H groups in total. The van der Waals surface area contributed by atoms with Crippen molar-refractivity contribution >= 4 is 5.91 Å². The number of primary amides is 1. The lowest BCUT2D eigenvalue weighted by molar-refractivity contribution is 0.0990. The largest absolute Gasteiger partial charge is 0.363 e. The molecular weight excluding hydrogens is 453 g/mol. The van der Waals surface area contributed by atoms with E-state index in [9.17, 15) is 9.18 Å². The van der Waals surface area contributed by atoms with Crippen LogP contribution in [0.1, 0.15) is 46.0 Å². The molecule has 1 saturated heterocycles. The quantitative estimate of drug-likeness (QED) is 0.407. The minimum atomic E-state index is -0.691. The number of nitrogens with two attached hydrogens (primary N) is 1. The third-order valence-electron chi connectivity index (χ3n) is 6.67. The van der Waals surface area contributed by atoms with Crippen molar-refractivity contribution in [3.63, 3.8) is 0 Å². The van der Waals surface area contributed by atoms with Crippen LogP contribution in [0, 0.1) is 6.92 Å². The molecule has 0 aliphatic carbocycles. The van der Waals surface area contributed by atoms with Gasteiger partial charge in [0.2, 0.25) is 5.82 Å². The van der Waals surface area contributed by atoms with Gasteiger partial charge >= 0.3 is 0 Å². The second-order valence-electron chi connectivity index (χ2n) is 9.47. The average molecular weight is 484 g/mol. The van der Waals surface area contributed by atoms with E-state index in [1.54, 1.807) is 11.6 Å². The van der Waals surface area contributed by atoms with Gasteiger partial charge < -0.3 is 5.73 Å². The van der Waals surface area contributed by atoms with Crippen LogP contribution in [0.5, 0.6) is 0 Å². The van der Waals surface area contributed by atoms with E-state index < -0.39 is 12.1 Å². The summed E-state index contributed by atoms with van der Waals surface area (Å²) in [6.45, 7) is 4.12. The molecule has 5 rings (SSSR count). The number of carbonyl (C=O) groups excluding carboxylic acids is 1. The Bertz CT molecular complexity index is 1330. The molecule has 3 aromatic carbocycles. The number of carbonyl (C=O) groups is 1. The van der Waals surface area contributed by atoms with Gasteiger partial charge in [-0.25, -0.2) is 14.1 Å². The van der Waals surface area contributed by atoms with Crippen LogP contribution in [-0.4, -0.2) is 44.8 Å². The van der Waals surface area contributed by atoms with Gasteiger partial charge in [0.25, 0.3) is 5.91 Å². The van der Waals surface area contributed by atoms with Gasteiger partial charge in [0.05, 0.1) is 5.69 Å². The first-order valence-corrected chi connectivity index (χ1v) is 12.3. The summed E-state index contributed by atoms with van der Waals surface area (Å²) in [4.78, 5) is 17.6. The van der Waals surface area contributed by atoms with E-state index in [2.05, 4.69) is 75.6 Å². The van der Waals surface area contributed by atoms with Gasteiger partial charge in [0.15, 0.2) is 0 Å². The highest BCUT2D eigenvalue weighted by Crippen LogP contribution is 2.23. The normalized spacial score (nSPS) is 16.2. The molecule has 4 aromatic rings. The summed E-state index contributed by atoms with van der Waals surface area (Å²) in [5.74, 6) is -0.00935. The summed E-state index contributed by atoms with van der Waals surface area (Å²) in [7, 11) is 0. The van der Waals surface area contributed by atoms with Crippen LogP contribution in [0.15, 0.2) is 72.8 Å². The predicted molar refractivity (Wildman–Crippen MR) is 139 cm³/mol. The lowest BCUT2D eigenvalue weighted by atomic mass is 9.99. The third kappa shape index (κ3) is 5.52. The van der Waals surface area contributed by atoms with Crippen LogP contribution >= 0.6 is 0 Å². The van der Waals surface area contributed by atoms with Gasteiger partial charge in [-0.1, -0.05) is 60.7 Å². The van der Waals surface area contributed by atoms with Gasteiger partial charge in [-0.15, -0.1) is 5.10 Å². The number of halogens is 1. The third-order valence-corrected chi connectivity index (χ3v) is 6.67. The standard InChI is InChI=1S/C29H30FN5O/c1-20-32-29(28(31)36)33-35(20)27-14-8-22(9-15-27)17-21-4-10-24(11-5-21)25-12-6-23(7-13-25)18-34-16-2-3-26(30)19-34/h4-15,26H,2-3,16-19H2,1H3,(H2,31,36)/t26-/m0/s1. The molecule has 0 saturated carbocycles. The van der Waals surface area contributed by atoms with Crippen LogP contribution in [0.25, 0.3) is 16.8 Å². The maximum absolute atomic E-state index is 13.7. The molecule has 2 heterocycles. The first-order valence-electron chi connectivity index (χ1n) is 12.3. The van der Waals surface area contributed by atoms with Crippen LogP contribution in [0.3, 0.4) is 0 Å². The van der Waals surface area contributed by atoms with Gasteiger partial charge in [-0.2, -0.15) is 0 Å². The summed E-state index contributed by atoms with van der Waals surface area (Å²) in [6, 6.07) is 25.3. The summed E-state index contributed by atoms with van der Waals surface area (Å²) in [5, 5.41) is 4.18. The van der Waals surface area contributed by atoms with E-state index in [1.165, 1.54) is 27.8 Å². The molecule has 0 unspecified atom stereocenters. The second-order valence-corrected chi connectivity index (χ2v) is 9.47. The van der Waals surface area contributed by atoms with Crippen molar-refractivity contribution in [2.24, 2.45) is 5.73 Å². The monoisotopic (exact) mass is 483 g/mol. The van der Waals surface area contributed by atoms with E-state index >= 15 is 0 Å². The molecule has 1 atom stereocenters. The fourth-order valence-electron chi connectivity index (χ4n) is 4.75. The van der Waals surface area contributed by atoms with Crippen molar-refractivity contribution in [1.29, 1.82) is 0 Å². The molecule has 1 aliphatic rings. The molecular formula is C29H30FN5O. The SMILES string of the molecule is Cc1nc(C(N)=O)nn1-c1ccc(Cc2ccc(-c3ccc(CN4CCC[C@H](F)C4)cc3)cc2)cc1. The van der Waals surface area contributed by atoms with Crippen LogP contribution < -0.4 is 5.73 Å². The molecule has 36 heavy (non-hydrogen) atoms. The minimum Gasteiger partial charge on any atom is -0.363 e. The molecule has 184 valence electrons. The smallest absolute Gasteiger partial charge is 0.288 e. The predicted octanol–water partition coefficient (Wildman–Crippen LogP) is 4.87. The van der Waals surface area contributed by atoms with E-state index in [-0.39, 0.29) is 5.82 Å². The molecule has 1 aromatic heterocycles. The Morgan fingerprint density at radius 1 is 0.944 bits per heavy atom. The zero-order valence-electron chi connectivity index (χ0n) is 20.4. The Hall–Kier alpha value is -3.84. The molecule has 7 heteroatoms. The van der Waals surface area contributed by atoms with E-state index in [0.29, 0.717) is 18.8 Å². The van der Waals surface area contributed by atoms with Gasteiger partial charge in [-0.3, -0.25) is 9.69 Å². The maximum atomic E-state index is 13.7. The number of benzene rings is 3. The molecule has 0 radical (unpaired) electrons. The molecule has 0 bridgehead atoms. The Morgan fingerprint density at radius 3 is 2.08 bits per heavy atom. The second kappa shape index (κ2) is 10.4. The van der Waals surface area contributed by atoms with Gasteiger partial charge in [-0.05, 0) is 72.7 Å². The highest BCUT2D eigenvalue weighted by atomic mass is 19.1. The molecule has 0 spiro atoms. The van der Waals surface area contributed by atoms with Gasteiger partial charge in [0.1, 0.15) is 12.0 Å². The highest BCUT2D eigenvalue weighted by Gasteiger charge is 2.19. The zero-order chi connectivity index (χ0) is 25.1. The van der Waals surface area contributed by atoms with Crippen molar-refractivity contribution in [1.82, 2.24) is 19.7 Å². The molecule has 1 fully saturated rings. The fourth-order valence-corrected chi connectivity index (χ4v) is 4.75. The average Bonchev–Trinajstić information content (AvgIpc) is 3.28. The molecule has 1 amide bonds. The van der Waals surface area contributed by atoms with Crippen LogP contribution in [0.2, 0.25) is 0 Å². The van der Waals surface area contributed by atoms with Crippen molar-refractivity contribution in [2.45, 2.75) is 38.9 Å².